The van der Waals surface area contributed by atoms with Gasteiger partial charge in [0.25, 0.3) is 0 Å². The Kier molecular flexibility index (Phi) is 1.97. The van der Waals surface area contributed by atoms with E-state index in [1.54, 1.807) is 6.07 Å². The molecule has 1 unspecified atom stereocenters. The van der Waals surface area contributed by atoms with E-state index in [1.807, 2.05) is 12.3 Å². The van der Waals surface area contributed by atoms with E-state index in [9.17, 15) is 9.50 Å². The van der Waals surface area contributed by atoms with Crippen LogP contribution in [0.25, 0.3) is 10.9 Å². The highest BCUT2D eigenvalue weighted by Gasteiger charge is 2.62. The van der Waals surface area contributed by atoms with E-state index >= 15 is 0 Å². The number of aromatic amines is 1. The average molecular weight is 233 g/mol. The minimum atomic E-state index is -0.284. The van der Waals surface area contributed by atoms with Crippen LogP contribution in [0.2, 0.25) is 0 Å². The van der Waals surface area contributed by atoms with Crippen molar-refractivity contribution in [1.82, 2.24) is 4.98 Å². The van der Waals surface area contributed by atoms with Gasteiger partial charge in [-0.3, -0.25) is 0 Å². The molecule has 17 heavy (non-hydrogen) atoms. The molecule has 0 bridgehead atoms. The number of rotatable bonds is 2. The third-order valence-electron chi connectivity index (χ3n) is 4.35. The van der Waals surface area contributed by atoms with Crippen molar-refractivity contribution in [2.75, 3.05) is 6.61 Å². The lowest BCUT2D eigenvalue weighted by Gasteiger charge is -2.17. The molecule has 90 valence electrons. The van der Waals surface area contributed by atoms with Gasteiger partial charge in [0.2, 0.25) is 0 Å². The molecule has 1 fully saturated rings. The Morgan fingerprint density at radius 2 is 2.12 bits per heavy atom. The molecule has 3 rings (SSSR count). The summed E-state index contributed by atoms with van der Waals surface area (Å²) in [5.74, 6) is -0.214. The standard InChI is InChI=1S/C14H16FNO/c1-13(2)7-14(13,8-17)9-6-16-11-5-3-4-10(15)12(9)11/h3-6,16-17H,7-8H2,1-2H3. The monoisotopic (exact) mass is 233 g/mol. The summed E-state index contributed by atoms with van der Waals surface area (Å²) in [6.45, 7) is 4.30. The van der Waals surface area contributed by atoms with E-state index in [-0.39, 0.29) is 23.3 Å². The van der Waals surface area contributed by atoms with Crippen LogP contribution in [0.5, 0.6) is 0 Å². The Hall–Kier alpha value is -1.35. The largest absolute Gasteiger partial charge is 0.395 e. The molecule has 1 aliphatic rings. The fraction of sp³-hybridized carbons (Fsp3) is 0.429. The number of aliphatic hydroxyl groups is 1. The van der Waals surface area contributed by atoms with Gasteiger partial charge in [0.1, 0.15) is 5.82 Å². The Bertz CT molecular complexity index is 587. The molecular formula is C14H16FNO. The molecule has 1 heterocycles. The first-order chi connectivity index (χ1) is 8.02. The average Bonchev–Trinajstić information content (AvgIpc) is 2.68. The Morgan fingerprint density at radius 1 is 1.41 bits per heavy atom. The summed E-state index contributed by atoms with van der Waals surface area (Å²) in [4.78, 5) is 3.10. The van der Waals surface area contributed by atoms with Crippen LogP contribution in [0.1, 0.15) is 25.8 Å². The van der Waals surface area contributed by atoms with Crippen molar-refractivity contribution in [1.29, 1.82) is 0 Å². The number of H-pyrrole nitrogens is 1. The van der Waals surface area contributed by atoms with Gasteiger partial charge in [-0.2, -0.15) is 0 Å². The van der Waals surface area contributed by atoms with Crippen molar-refractivity contribution < 1.29 is 9.50 Å². The molecule has 1 aromatic heterocycles. The zero-order valence-electron chi connectivity index (χ0n) is 10.0. The lowest BCUT2D eigenvalue weighted by molar-refractivity contribution is 0.232. The fourth-order valence-corrected chi connectivity index (χ4v) is 3.04. The van der Waals surface area contributed by atoms with Gasteiger partial charge in [-0.1, -0.05) is 19.9 Å². The number of nitrogens with one attached hydrogen (secondary N) is 1. The van der Waals surface area contributed by atoms with Gasteiger partial charge in [0.05, 0.1) is 6.61 Å². The first kappa shape index (κ1) is 10.8. The Balaban J connectivity index is 2.26. The highest BCUT2D eigenvalue weighted by Crippen LogP contribution is 2.65. The molecule has 0 saturated heterocycles. The third kappa shape index (κ3) is 1.23. The van der Waals surface area contributed by atoms with Crippen molar-refractivity contribution in [2.24, 2.45) is 5.41 Å². The number of hydrogen-bond acceptors (Lipinski definition) is 1. The minimum absolute atomic E-state index is 0.0408. The topological polar surface area (TPSA) is 36.0 Å². The van der Waals surface area contributed by atoms with Crippen LogP contribution in [0.3, 0.4) is 0 Å². The second-order valence-electron chi connectivity index (χ2n) is 5.67. The van der Waals surface area contributed by atoms with Gasteiger partial charge in [-0.15, -0.1) is 0 Å². The minimum Gasteiger partial charge on any atom is -0.395 e. The van der Waals surface area contributed by atoms with Crippen LogP contribution in [0.15, 0.2) is 24.4 Å². The maximum Gasteiger partial charge on any atom is 0.132 e. The van der Waals surface area contributed by atoms with Crippen molar-refractivity contribution in [3.05, 3.63) is 35.8 Å². The maximum absolute atomic E-state index is 13.9. The first-order valence-corrected chi connectivity index (χ1v) is 5.89. The van der Waals surface area contributed by atoms with Crippen molar-refractivity contribution in [3.8, 4) is 0 Å². The van der Waals surface area contributed by atoms with Crippen LogP contribution in [0.4, 0.5) is 4.39 Å². The Morgan fingerprint density at radius 3 is 2.71 bits per heavy atom. The molecule has 1 aliphatic carbocycles. The summed E-state index contributed by atoms with van der Waals surface area (Å²) >= 11 is 0. The van der Waals surface area contributed by atoms with Crippen LogP contribution in [0, 0.1) is 11.2 Å². The molecule has 1 saturated carbocycles. The number of aromatic nitrogens is 1. The Labute approximate surface area is 99.5 Å². The highest BCUT2D eigenvalue weighted by molar-refractivity contribution is 5.85. The third-order valence-corrected chi connectivity index (χ3v) is 4.35. The second kappa shape index (κ2) is 3.10. The van der Waals surface area contributed by atoms with E-state index in [0.717, 1.165) is 17.5 Å². The highest BCUT2D eigenvalue weighted by atomic mass is 19.1. The predicted molar refractivity (Wildman–Crippen MR) is 65.4 cm³/mol. The summed E-state index contributed by atoms with van der Waals surface area (Å²) in [5, 5.41) is 10.3. The molecular weight excluding hydrogens is 217 g/mol. The van der Waals surface area contributed by atoms with Gasteiger partial charge < -0.3 is 10.1 Å². The van der Waals surface area contributed by atoms with E-state index in [0.29, 0.717) is 5.39 Å². The maximum atomic E-state index is 13.9. The molecule has 1 atom stereocenters. The van der Waals surface area contributed by atoms with Crippen molar-refractivity contribution >= 4 is 10.9 Å². The zero-order chi connectivity index (χ0) is 12.3. The smallest absolute Gasteiger partial charge is 0.132 e. The van der Waals surface area contributed by atoms with Crippen LogP contribution in [-0.2, 0) is 5.41 Å². The van der Waals surface area contributed by atoms with Gasteiger partial charge in [-0.05, 0) is 29.5 Å². The van der Waals surface area contributed by atoms with E-state index < -0.39 is 0 Å². The number of hydrogen-bond donors (Lipinski definition) is 2. The van der Waals surface area contributed by atoms with Crippen LogP contribution in [-0.4, -0.2) is 16.7 Å². The first-order valence-electron chi connectivity index (χ1n) is 5.89. The van der Waals surface area contributed by atoms with Gasteiger partial charge >= 0.3 is 0 Å². The molecule has 2 N–H and O–H groups in total. The van der Waals surface area contributed by atoms with Gasteiger partial charge in [0, 0.05) is 22.5 Å². The van der Waals surface area contributed by atoms with E-state index in [2.05, 4.69) is 18.8 Å². The number of halogens is 1. The van der Waals surface area contributed by atoms with Crippen LogP contribution >= 0.6 is 0 Å². The molecule has 0 amide bonds. The molecule has 0 aliphatic heterocycles. The van der Waals surface area contributed by atoms with Crippen molar-refractivity contribution in [3.63, 3.8) is 0 Å². The van der Waals surface area contributed by atoms with Crippen molar-refractivity contribution in [2.45, 2.75) is 25.7 Å². The van der Waals surface area contributed by atoms with Gasteiger partial charge in [-0.25, -0.2) is 4.39 Å². The normalized spacial score (nSPS) is 26.4. The molecule has 2 nitrogen and oxygen atoms in total. The summed E-state index contributed by atoms with van der Waals surface area (Å²) in [7, 11) is 0. The molecule has 0 radical (unpaired) electrons. The molecule has 1 aromatic carbocycles. The predicted octanol–water partition coefficient (Wildman–Crippen LogP) is 2.97. The second-order valence-corrected chi connectivity index (χ2v) is 5.67. The quantitative estimate of drug-likeness (QED) is 0.822. The number of benzene rings is 1. The lowest BCUT2D eigenvalue weighted by atomic mass is 9.88. The summed E-state index contributed by atoms with van der Waals surface area (Å²) < 4.78 is 13.9. The number of aliphatic hydroxyl groups excluding tert-OH is 1. The SMILES string of the molecule is CC1(C)CC1(CO)c1c[nH]c2cccc(F)c12. The molecule has 3 heteroatoms. The van der Waals surface area contributed by atoms with Gasteiger partial charge in [0.15, 0.2) is 0 Å². The zero-order valence-corrected chi connectivity index (χ0v) is 10.0. The summed E-state index contributed by atoms with van der Waals surface area (Å²) in [6.07, 6.45) is 2.75. The molecule has 2 aromatic rings. The molecule has 0 spiro atoms. The number of fused-ring (bicyclic) bond motifs is 1. The summed E-state index contributed by atoms with van der Waals surface area (Å²) in [6, 6.07) is 5.03. The van der Waals surface area contributed by atoms with Crippen LogP contribution < -0.4 is 0 Å². The van der Waals surface area contributed by atoms with E-state index in [4.69, 9.17) is 0 Å². The lowest BCUT2D eigenvalue weighted by Crippen LogP contribution is -2.19. The fourth-order valence-electron chi connectivity index (χ4n) is 3.04. The van der Waals surface area contributed by atoms with E-state index in [1.165, 1.54) is 6.07 Å². The summed E-state index contributed by atoms with van der Waals surface area (Å²) in [5.41, 5.74) is 1.47.